The highest BCUT2D eigenvalue weighted by Crippen LogP contribution is 2.31. The number of hydrogen-bond donors (Lipinski definition) is 0. The van der Waals surface area contributed by atoms with Crippen LogP contribution in [-0.4, -0.2) is 15.7 Å². The number of carbonyl (C=O) groups is 1. The van der Waals surface area contributed by atoms with Gasteiger partial charge in [0.2, 0.25) is 0 Å². The minimum atomic E-state index is 0.472. The van der Waals surface area contributed by atoms with Crippen molar-refractivity contribution in [1.82, 2.24) is 9.38 Å². The molecule has 0 atom stereocenters. The van der Waals surface area contributed by atoms with E-state index in [1.807, 2.05) is 16.5 Å². The molecule has 2 heterocycles. The Balaban J connectivity index is 2.26. The molecule has 2 aromatic heterocycles. The van der Waals surface area contributed by atoms with E-state index in [-0.39, 0.29) is 0 Å². The Morgan fingerprint density at radius 2 is 2.06 bits per heavy atom. The highest BCUT2D eigenvalue weighted by molar-refractivity contribution is 9.10. The van der Waals surface area contributed by atoms with Gasteiger partial charge in [0, 0.05) is 15.5 Å². The van der Waals surface area contributed by atoms with E-state index >= 15 is 0 Å². The number of carbonyl (C=O) groups excluding carboxylic acids is 1. The average Bonchev–Trinajstić information content (AvgIpc) is 2.87. The van der Waals surface area contributed by atoms with Gasteiger partial charge in [0.05, 0.1) is 5.69 Å². The first-order valence-electron chi connectivity index (χ1n) is 5.38. The maximum absolute atomic E-state index is 10.8. The lowest BCUT2D eigenvalue weighted by Crippen LogP contribution is -1.86. The number of aryl methyl sites for hydroxylation is 1. The Hall–Kier alpha value is -1.46. The van der Waals surface area contributed by atoms with Gasteiger partial charge in [-0.25, -0.2) is 4.98 Å². The number of thiazole rings is 1. The zero-order valence-electron chi connectivity index (χ0n) is 9.55. The lowest BCUT2D eigenvalue weighted by atomic mass is 10.1. The summed E-state index contributed by atoms with van der Waals surface area (Å²) in [4.78, 5) is 17.1. The van der Waals surface area contributed by atoms with E-state index in [1.54, 1.807) is 17.5 Å². The van der Waals surface area contributed by atoms with Gasteiger partial charge in [0.25, 0.3) is 0 Å². The predicted octanol–water partition coefficient (Wildman–Crippen LogP) is 3.95. The third-order valence-electron chi connectivity index (χ3n) is 2.75. The second-order valence-electron chi connectivity index (χ2n) is 3.95. The summed E-state index contributed by atoms with van der Waals surface area (Å²) in [5.74, 6) is 0. The Morgan fingerprint density at radius 1 is 1.33 bits per heavy atom. The lowest BCUT2D eigenvalue weighted by molar-refractivity contribution is 0.111. The van der Waals surface area contributed by atoms with Crippen molar-refractivity contribution in [3.8, 4) is 11.3 Å². The second-order valence-corrected chi connectivity index (χ2v) is 6.05. The second kappa shape index (κ2) is 4.33. The van der Waals surface area contributed by atoms with Crippen LogP contribution in [0, 0.1) is 6.92 Å². The predicted molar refractivity (Wildman–Crippen MR) is 76.3 cm³/mol. The smallest absolute Gasteiger partial charge is 0.195 e. The van der Waals surface area contributed by atoms with Gasteiger partial charge in [-0.3, -0.25) is 9.20 Å². The molecule has 3 rings (SSSR count). The molecule has 0 radical (unpaired) electrons. The number of nitrogens with zero attached hydrogens (tertiary/aromatic N) is 2. The zero-order chi connectivity index (χ0) is 12.7. The molecule has 1 aromatic carbocycles. The molecule has 0 spiro atoms. The van der Waals surface area contributed by atoms with Gasteiger partial charge >= 0.3 is 0 Å². The molecule has 90 valence electrons. The van der Waals surface area contributed by atoms with Crippen molar-refractivity contribution in [3.63, 3.8) is 0 Å². The van der Waals surface area contributed by atoms with E-state index < -0.39 is 0 Å². The largest absolute Gasteiger partial charge is 0.296 e. The number of aromatic nitrogens is 2. The molecule has 0 aliphatic heterocycles. The molecule has 0 saturated carbocycles. The molecule has 0 amide bonds. The number of imidazole rings is 1. The van der Waals surface area contributed by atoms with Crippen LogP contribution < -0.4 is 0 Å². The van der Waals surface area contributed by atoms with E-state index in [4.69, 9.17) is 0 Å². The summed E-state index contributed by atoms with van der Waals surface area (Å²) in [5.41, 5.74) is 2.69. The number of benzene rings is 1. The maximum atomic E-state index is 10.8. The fourth-order valence-electron chi connectivity index (χ4n) is 1.97. The number of hydrogen-bond acceptors (Lipinski definition) is 3. The quantitative estimate of drug-likeness (QED) is 0.670. The van der Waals surface area contributed by atoms with Gasteiger partial charge < -0.3 is 0 Å². The highest BCUT2D eigenvalue weighted by Gasteiger charge is 2.13. The SMILES string of the molecule is Cc1sc2nc(C=O)cn2c1-c1ccc(Br)cc1. The molecule has 3 nitrogen and oxygen atoms in total. The third kappa shape index (κ3) is 1.79. The summed E-state index contributed by atoms with van der Waals surface area (Å²) in [6.07, 6.45) is 2.56. The van der Waals surface area contributed by atoms with Crippen molar-refractivity contribution in [1.29, 1.82) is 0 Å². The van der Waals surface area contributed by atoms with Gasteiger partial charge in [-0.15, -0.1) is 11.3 Å². The number of aldehydes is 1. The summed E-state index contributed by atoms with van der Waals surface area (Å²) in [7, 11) is 0. The fraction of sp³-hybridized carbons (Fsp3) is 0.0769. The average molecular weight is 321 g/mol. The topological polar surface area (TPSA) is 34.4 Å². The van der Waals surface area contributed by atoms with Gasteiger partial charge in [-0.1, -0.05) is 28.1 Å². The first-order valence-corrected chi connectivity index (χ1v) is 6.99. The van der Waals surface area contributed by atoms with Crippen LogP contribution in [0.2, 0.25) is 0 Å². The van der Waals surface area contributed by atoms with Crippen LogP contribution in [0.15, 0.2) is 34.9 Å². The Bertz CT molecular complexity index is 727. The lowest BCUT2D eigenvalue weighted by Gasteiger charge is -2.02. The summed E-state index contributed by atoms with van der Waals surface area (Å²) in [5, 5.41) is 0. The van der Waals surface area contributed by atoms with Gasteiger partial charge in [0.1, 0.15) is 5.69 Å². The van der Waals surface area contributed by atoms with Crippen molar-refractivity contribution >= 4 is 38.5 Å². The molecular formula is C13H9BrN2OS. The molecule has 0 fully saturated rings. The standard InChI is InChI=1S/C13H9BrN2OS/c1-8-12(9-2-4-10(14)5-3-9)16-6-11(7-17)15-13(16)18-8/h2-7H,1H3. The van der Waals surface area contributed by atoms with Crippen molar-refractivity contribution in [3.05, 3.63) is 45.5 Å². The Kier molecular flexibility index (Phi) is 2.80. The molecule has 3 aromatic rings. The Morgan fingerprint density at radius 3 is 2.72 bits per heavy atom. The fourth-order valence-corrected chi connectivity index (χ4v) is 3.22. The minimum Gasteiger partial charge on any atom is -0.296 e. The molecule has 0 N–H and O–H groups in total. The molecular weight excluding hydrogens is 312 g/mol. The molecule has 0 unspecified atom stereocenters. The van der Waals surface area contributed by atoms with Crippen LogP contribution in [0.3, 0.4) is 0 Å². The summed E-state index contributed by atoms with van der Waals surface area (Å²) in [6.45, 7) is 2.07. The van der Waals surface area contributed by atoms with Crippen molar-refractivity contribution in [2.75, 3.05) is 0 Å². The van der Waals surface area contributed by atoms with Crippen molar-refractivity contribution < 1.29 is 4.79 Å². The van der Waals surface area contributed by atoms with Crippen LogP contribution in [0.25, 0.3) is 16.2 Å². The normalized spacial score (nSPS) is 11.0. The molecule has 18 heavy (non-hydrogen) atoms. The number of fused-ring (bicyclic) bond motifs is 1. The maximum Gasteiger partial charge on any atom is 0.195 e. The van der Waals surface area contributed by atoms with E-state index in [2.05, 4.69) is 40.0 Å². The van der Waals surface area contributed by atoms with Crippen LogP contribution in [-0.2, 0) is 0 Å². The first kappa shape index (κ1) is 11.6. The van der Waals surface area contributed by atoms with Crippen molar-refractivity contribution in [2.24, 2.45) is 0 Å². The zero-order valence-corrected chi connectivity index (χ0v) is 12.0. The van der Waals surface area contributed by atoms with Crippen LogP contribution in [0.4, 0.5) is 0 Å². The van der Waals surface area contributed by atoms with Crippen LogP contribution in [0.5, 0.6) is 0 Å². The molecule has 5 heteroatoms. The van der Waals surface area contributed by atoms with E-state index in [9.17, 15) is 4.79 Å². The van der Waals surface area contributed by atoms with E-state index in [0.717, 1.165) is 27.0 Å². The van der Waals surface area contributed by atoms with Gasteiger partial charge in [-0.2, -0.15) is 0 Å². The van der Waals surface area contributed by atoms with Gasteiger partial charge in [-0.05, 0) is 24.6 Å². The number of rotatable bonds is 2. The van der Waals surface area contributed by atoms with E-state index in [1.165, 1.54) is 4.88 Å². The molecule has 0 aliphatic rings. The highest BCUT2D eigenvalue weighted by atomic mass is 79.9. The number of halogens is 1. The molecule has 0 saturated heterocycles. The summed E-state index contributed by atoms with van der Waals surface area (Å²) < 4.78 is 3.03. The third-order valence-corrected chi connectivity index (χ3v) is 4.25. The summed E-state index contributed by atoms with van der Waals surface area (Å²) in [6, 6.07) is 8.13. The molecule has 0 aliphatic carbocycles. The van der Waals surface area contributed by atoms with Crippen LogP contribution >= 0.6 is 27.3 Å². The Labute approximate surface area is 116 Å². The monoisotopic (exact) mass is 320 g/mol. The summed E-state index contributed by atoms with van der Waals surface area (Å²) >= 11 is 5.02. The van der Waals surface area contributed by atoms with Crippen LogP contribution in [0.1, 0.15) is 15.4 Å². The first-order chi connectivity index (χ1) is 8.69. The molecule has 0 bridgehead atoms. The van der Waals surface area contributed by atoms with E-state index in [0.29, 0.717) is 5.69 Å². The van der Waals surface area contributed by atoms with Crippen molar-refractivity contribution in [2.45, 2.75) is 6.92 Å². The minimum absolute atomic E-state index is 0.472. The van der Waals surface area contributed by atoms with Gasteiger partial charge in [0.15, 0.2) is 11.2 Å².